The molecule has 0 saturated carbocycles. The van der Waals surface area contributed by atoms with Gasteiger partial charge < -0.3 is 10.1 Å². The van der Waals surface area contributed by atoms with E-state index in [1.165, 1.54) is 5.57 Å². The molecule has 2 aliphatic rings. The lowest BCUT2D eigenvalue weighted by Gasteiger charge is -2.36. The number of hydrogen-bond donors (Lipinski definition) is 1. The fraction of sp³-hybridized carbons (Fsp3) is 0.733. The molecule has 0 atom stereocenters. The fourth-order valence-electron chi connectivity index (χ4n) is 3.25. The number of carbonyl (C=O) groups excluding carboxylic acids is 1. The number of hydrogen-bond acceptors (Lipinski definition) is 3. The van der Waals surface area contributed by atoms with Crippen LogP contribution in [0.4, 0.5) is 0 Å². The molecule has 4 nitrogen and oxygen atoms in total. The van der Waals surface area contributed by atoms with Crippen LogP contribution in [0.15, 0.2) is 16.1 Å². The smallest absolute Gasteiger partial charge is 0.253 e. The summed E-state index contributed by atoms with van der Waals surface area (Å²) in [5.41, 5.74) is 3.10. The lowest BCUT2D eigenvalue weighted by Crippen LogP contribution is -2.40. The molecule has 0 aliphatic carbocycles. The standard InChI is InChI=1S/C15H24N2O2/c1-4-12(16-3)13-11(2)9-15(10-17-14(13)18)5-7-19-8-6-15/h4-10H2,1-3H3,(H,17,18). The largest absolute Gasteiger partial charge is 0.381 e. The van der Waals surface area contributed by atoms with E-state index in [2.05, 4.69) is 17.2 Å². The zero-order chi connectivity index (χ0) is 13.9. The molecule has 2 heterocycles. The molecule has 1 N–H and O–H groups in total. The Balaban J connectivity index is 2.31. The second-order valence-corrected chi connectivity index (χ2v) is 5.65. The van der Waals surface area contributed by atoms with Crippen molar-refractivity contribution < 1.29 is 9.53 Å². The summed E-state index contributed by atoms with van der Waals surface area (Å²) in [4.78, 5) is 16.6. The zero-order valence-electron chi connectivity index (χ0n) is 12.2. The number of aliphatic imine (C=N–C) groups is 1. The first-order chi connectivity index (χ1) is 9.12. The monoisotopic (exact) mass is 264 g/mol. The van der Waals surface area contributed by atoms with Crippen LogP contribution in [0.1, 0.15) is 39.5 Å². The van der Waals surface area contributed by atoms with Gasteiger partial charge in [0.05, 0.1) is 5.57 Å². The van der Waals surface area contributed by atoms with Gasteiger partial charge in [0.25, 0.3) is 5.91 Å². The topological polar surface area (TPSA) is 50.7 Å². The maximum Gasteiger partial charge on any atom is 0.253 e. The van der Waals surface area contributed by atoms with Crippen molar-refractivity contribution in [1.29, 1.82) is 0 Å². The highest BCUT2D eigenvalue weighted by Crippen LogP contribution is 2.38. The van der Waals surface area contributed by atoms with Crippen LogP contribution >= 0.6 is 0 Å². The molecule has 1 fully saturated rings. The normalized spacial score (nSPS) is 24.4. The van der Waals surface area contributed by atoms with Crippen LogP contribution in [-0.2, 0) is 9.53 Å². The summed E-state index contributed by atoms with van der Waals surface area (Å²) in [5, 5.41) is 3.10. The third-order valence-corrected chi connectivity index (χ3v) is 4.36. The van der Waals surface area contributed by atoms with E-state index < -0.39 is 0 Å². The van der Waals surface area contributed by atoms with Crippen molar-refractivity contribution in [3.8, 4) is 0 Å². The molecular formula is C15H24N2O2. The molecule has 2 aliphatic heterocycles. The Morgan fingerprint density at radius 2 is 2.11 bits per heavy atom. The van der Waals surface area contributed by atoms with Gasteiger partial charge in [0.1, 0.15) is 0 Å². The zero-order valence-corrected chi connectivity index (χ0v) is 12.2. The van der Waals surface area contributed by atoms with Gasteiger partial charge in [-0.15, -0.1) is 0 Å². The fourth-order valence-corrected chi connectivity index (χ4v) is 3.25. The minimum atomic E-state index is 0.0447. The number of amides is 1. The molecule has 0 aromatic carbocycles. The van der Waals surface area contributed by atoms with Gasteiger partial charge in [0, 0.05) is 32.5 Å². The van der Waals surface area contributed by atoms with Crippen molar-refractivity contribution in [1.82, 2.24) is 5.32 Å². The Bertz CT molecular complexity index is 418. The van der Waals surface area contributed by atoms with Crippen molar-refractivity contribution >= 4 is 11.6 Å². The third-order valence-electron chi connectivity index (χ3n) is 4.36. The summed E-state index contributed by atoms with van der Waals surface area (Å²) in [7, 11) is 1.77. The van der Waals surface area contributed by atoms with Gasteiger partial charge in [-0.25, -0.2) is 0 Å². The quantitative estimate of drug-likeness (QED) is 0.777. The molecule has 0 bridgehead atoms. The van der Waals surface area contributed by atoms with E-state index in [0.29, 0.717) is 0 Å². The van der Waals surface area contributed by atoms with Crippen molar-refractivity contribution in [3.63, 3.8) is 0 Å². The molecule has 106 valence electrons. The third kappa shape index (κ3) is 2.89. The Hall–Kier alpha value is -1.16. The van der Waals surface area contributed by atoms with Crippen LogP contribution in [0, 0.1) is 5.41 Å². The minimum absolute atomic E-state index is 0.0447. The highest BCUT2D eigenvalue weighted by atomic mass is 16.5. The number of nitrogens with one attached hydrogen (secondary N) is 1. The summed E-state index contributed by atoms with van der Waals surface area (Å²) in [5.74, 6) is 0.0447. The molecule has 19 heavy (non-hydrogen) atoms. The summed E-state index contributed by atoms with van der Waals surface area (Å²) in [6.45, 7) is 6.50. The summed E-state index contributed by atoms with van der Waals surface area (Å²) < 4.78 is 5.46. The number of carbonyl (C=O) groups is 1. The number of rotatable bonds is 2. The van der Waals surface area contributed by atoms with Crippen LogP contribution in [0.2, 0.25) is 0 Å². The summed E-state index contributed by atoms with van der Waals surface area (Å²) in [6, 6.07) is 0. The molecule has 0 aromatic rings. The van der Waals surface area contributed by atoms with E-state index in [9.17, 15) is 4.79 Å². The first kappa shape index (κ1) is 14.3. The SMILES string of the molecule is CCC(=NC)C1=C(C)CC2(CCOCC2)CNC1=O. The number of nitrogens with zero attached hydrogens (tertiary/aromatic N) is 1. The van der Waals surface area contributed by atoms with Crippen LogP contribution in [0.25, 0.3) is 0 Å². The Morgan fingerprint density at radius 3 is 2.68 bits per heavy atom. The second-order valence-electron chi connectivity index (χ2n) is 5.65. The predicted molar refractivity (Wildman–Crippen MR) is 76.5 cm³/mol. The molecule has 4 heteroatoms. The lowest BCUT2D eigenvalue weighted by molar-refractivity contribution is -0.117. The molecule has 0 unspecified atom stereocenters. The van der Waals surface area contributed by atoms with E-state index >= 15 is 0 Å². The molecule has 1 amide bonds. The van der Waals surface area contributed by atoms with Crippen molar-refractivity contribution in [3.05, 3.63) is 11.1 Å². The average Bonchev–Trinajstić information content (AvgIpc) is 2.53. The van der Waals surface area contributed by atoms with E-state index in [-0.39, 0.29) is 11.3 Å². The van der Waals surface area contributed by atoms with E-state index in [4.69, 9.17) is 4.74 Å². The van der Waals surface area contributed by atoms with Gasteiger partial charge in [-0.2, -0.15) is 0 Å². The number of ether oxygens (including phenoxy) is 1. The van der Waals surface area contributed by atoms with Crippen molar-refractivity contribution in [2.75, 3.05) is 26.8 Å². The van der Waals surface area contributed by atoms with Crippen LogP contribution in [0.3, 0.4) is 0 Å². The first-order valence-electron chi connectivity index (χ1n) is 7.13. The number of allylic oxidation sites excluding steroid dienone is 1. The Morgan fingerprint density at radius 1 is 1.42 bits per heavy atom. The van der Waals surface area contributed by atoms with Crippen LogP contribution in [-0.4, -0.2) is 38.4 Å². The predicted octanol–water partition coefficient (Wildman–Crippen LogP) is 2.10. The molecule has 0 radical (unpaired) electrons. The molecule has 1 saturated heterocycles. The average molecular weight is 264 g/mol. The minimum Gasteiger partial charge on any atom is -0.381 e. The van der Waals surface area contributed by atoms with Crippen LogP contribution < -0.4 is 5.32 Å². The second kappa shape index (κ2) is 5.87. The maximum atomic E-state index is 12.3. The van der Waals surface area contributed by atoms with Crippen molar-refractivity contribution in [2.45, 2.75) is 39.5 Å². The van der Waals surface area contributed by atoms with E-state index in [1.54, 1.807) is 7.05 Å². The Labute approximate surface area is 115 Å². The summed E-state index contributed by atoms with van der Waals surface area (Å²) in [6.07, 6.45) is 3.83. The highest BCUT2D eigenvalue weighted by Gasteiger charge is 2.37. The lowest BCUT2D eigenvalue weighted by atomic mass is 9.75. The molecule has 1 spiro atoms. The van der Waals surface area contributed by atoms with Gasteiger partial charge in [-0.05, 0) is 38.0 Å². The Kier molecular flexibility index (Phi) is 4.40. The van der Waals surface area contributed by atoms with Gasteiger partial charge in [-0.1, -0.05) is 12.5 Å². The summed E-state index contributed by atoms with van der Waals surface area (Å²) >= 11 is 0. The highest BCUT2D eigenvalue weighted by molar-refractivity contribution is 6.22. The van der Waals surface area contributed by atoms with Gasteiger partial charge in [0.2, 0.25) is 0 Å². The molecule has 0 aromatic heterocycles. The van der Waals surface area contributed by atoms with E-state index in [0.717, 1.165) is 56.7 Å². The first-order valence-corrected chi connectivity index (χ1v) is 7.13. The van der Waals surface area contributed by atoms with Crippen molar-refractivity contribution in [2.24, 2.45) is 10.4 Å². The maximum absolute atomic E-state index is 12.3. The molecular weight excluding hydrogens is 240 g/mol. The van der Waals surface area contributed by atoms with Crippen LogP contribution in [0.5, 0.6) is 0 Å². The van der Waals surface area contributed by atoms with Gasteiger partial charge in [-0.3, -0.25) is 9.79 Å². The van der Waals surface area contributed by atoms with Gasteiger partial charge >= 0.3 is 0 Å². The van der Waals surface area contributed by atoms with E-state index in [1.807, 2.05) is 6.92 Å². The van der Waals surface area contributed by atoms with Gasteiger partial charge in [0.15, 0.2) is 0 Å². The molecule has 2 rings (SSSR count).